The molecule has 2 atom stereocenters. The second-order valence-electron chi connectivity index (χ2n) is 4.28. The summed E-state index contributed by atoms with van der Waals surface area (Å²) in [6.07, 6.45) is 2.58. The molecule has 0 fully saturated rings. The van der Waals surface area contributed by atoms with Crippen LogP contribution in [0.1, 0.15) is 24.9 Å². The summed E-state index contributed by atoms with van der Waals surface area (Å²) in [6, 6.07) is 10.5. The molecule has 100 valence electrons. The van der Waals surface area contributed by atoms with Gasteiger partial charge in [0.1, 0.15) is 5.84 Å². The molecule has 4 nitrogen and oxygen atoms in total. The van der Waals surface area contributed by atoms with Crippen molar-refractivity contribution in [3.63, 3.8) is 0 Å². The molecule has 0 aliphatic rings. The molecular formula is C13H21N3OS. The minimum absolute atomic E-state index is 0.0734. The van der Waals surface area contributed by atoms with Crippen molar-refractivity contribution >= 4 is 17.6 Å². The highest BCUT2D eigenvalue weighted by molar-refractivity contribution is 7.98. The molecule has 0 saturated carbocycles. The number of oxime groups is 1. The topological polar surface area (TPSA) is 70.6 Å². The van der Waals surface area contributed by atoms with Gasteiger partial charge < -0.3 is 16.3 Å². The average Bonchev–Trinajstić information content (AvgIpc) is 2.39. The van der Waals surface area contributed by atoms with Gasteiger partial charge >= 0.3 is 0 Å². The Morgan fingerprint density at radius 3 is 2.67 bits per heavy atom. The third-order valence-electron chi connectivity index (χ3n) is 2.65. The van der Waals surface area contributed by atoms with Crippen LogP contribution in [0.3, 0.4) is 0 Å². The Hall–Kier alpha value is -1.20. The fourth-order valence-corrected chi connectivity index (χ4v) is 2.45. The van der Waals surface area contributed by atoms with Crippen LogP contribution in [0.2, 0.25) is 0 Å². The number of amidine groups is 1. The maximum Gasteiger partial charge on any atom is 0.141 e. The van der Waals surface area contributed by atoms with Crippen molar-refractivity contribution < 1.29 is 5.21 Å². The average molecular weight is 267 g/mol. The highest BCUT2D eigenvalue weighted by Gasteiger charge is 2.15. The van der Waals surface area contributed by atoms with E-state index in [-0.39, 0.29) is 11.9 Å². The highest BCUT2D eigenvalue weighted by atomic mass is 32.2. The van der Waals surface area contributed by atoms with E-state index in [0.717, 1.165) is 11.3 Å². The summed E-state index contributed by atoms with van der Waals surface area (Å²) in [5.41, 5.74) is 6.77. The van der Waals surface area contributed by atoms with Crippen molar-refractivity contribution in [3.8, 4) is 0 Å². The molecule has 0 aromatic heterocycles. The Bertz CT molecular complexity index is 370. The monoisotopic (exact) mass is 267 g/mol. The lowest BCUT2D eigenvalue weighted by atomic mass is 10.0. The van der Waals surface area contributed by atoms with Crippen LogP contribution >= 0.6 is 11.8 Å². The van der Waals surface area contributed by atoms with Crippen LogP contribution in [0, 0.1) is 0 Å². The SMILES string of the molecule is CSCC(C)NC(C/C(N)=N/O)c1ccccc1. The van der Waals surface area contributed by atoms with Crippen molar-refractivity contribution in [1.29, 1.82) is 0 Å². The van der Waals surface area contributed by atoms with Gasteiger partial charge in [-0.15, -0.1) is 0 Å². The standard InChI is InChI=1S/C13H21N3OS/c1-10(9-18-2)15-12(8-13(14)16-17)11-6-4-3-5-7-11/h3-7,10,12,15,17H,8-9H2,1-2H3,(H2,14,16). The zero-order valence-electron chi connectivity index (χ0n) is 10.8. The van der Waals surface area contributed by atoms with E-state index in [2.05, 4.69) is 23.7 Å². The molecule has 4 N–H and O–H groups in total. The van der Waals surface area contributed by atoms with E-state index < -0.39 is 0 Å². The van der Waals surface area contributed by atoms with Gasteiger partial charge in [0.25, 0.3) is 0 Å². The predicted octanol–water partition coefficient (Wildman–Crippen LogP) is 2.21. The summed E-state index contributed by atoms with van der Waals surface area (Å²) in [5.74, 6) is 1.27. The second-order valence-corrected chi connectivity index (χ2v) is 5.19. The first kappa shape index (κ1) is 14.9. The van der Waals surface area contributed by atoms with E-state index in [1.54, 1.807) is 11.8 Å². The maximum absolute atomic E-state index is 8.70. The largest absolute Gasteiger partial charge is 0.409 e. The molecule has 0 radical (unpaired) electrons. The number of nitrogens with one attached hydrogen (secondary N) is 1. The van der Waals surface area contributed by atoms with Crippen LogP contribution in [0.25, 0.3) is 0 Å². The molecule has 18 heavy (non-hydrogen) atoms. The van der Waals surface area contributed by atoms with Crippen molar-refractivity contribution in [2.24, 2.45) is 10.9 Å². The number of thioether (sulfide) groups is 1. The molecule has 1 aromatic carbocycles. The van der Waals surface area contributed by atoms with E-state index >= 15 is 0 Å². The molecule has 0 amide bonds. The zero-order chi connectivity index (χ0) is 13.4. The van der Waals surface area contributed by atoms with Gasteiger partial charge in [0.2, 0.25) is 0 Å². The van der Waals surface area contributed by atoms with Gasteiger partial charge in [-0.3, -0.25) is 0 Å². The lowest BCUT2D eigenvalue weighted by Gasteiger charge is -2.23. The molecule has 0 aliphatic heterocycles. The fourth-order valence-electron chi connectivity index (χ4n) is 1.85. The Labute approximate surface area is 113 Å². The molecule has 0 heterocycles. The van der Waals surface area contributed by atoms with Gasteiger partial charge in [0, 0.05) is 24.3 Å². The summed E-state index contributed by atoms with van der Waals surface area (Å²) in [5, 5.41) is 15.3. The van der Waals surface area contributed by atoms with Gasteiger partial charge in [-0.2, -0.15) is 11.8 Å². The van der Waals surface area contributed by atoms with E-state index in [1.807, 2.05) is 30.3 Å². The van der Waals surface area contributed by atoms with Crippen molar-refractivity contribution in [3.05, 3.63) is 35.9 Å². The van der Waals surface area contributed by atoms with Gasteiger partial charge in [-0.25, -0.2) is 0 Å². The van der Waals surface area contributed by atoms with E-state index in [4.69, 9.17) is 10.9 Å². The van der Waals surface area contributed by atoms with Gasteiger partial charge in [0.05, 0.1) is 0 Å². The predicted molar refractivity (Wildman–Crippen MR) is 78.2 cm³/mol. The minimum Gasteiger partial charge on any atom is -0.409 e. The molecule has 0 aliphatic carbocycles. The maximum atomic E-state index is 8.70. The van der Waals surface area contributed by atoms with Crippen LogP contribution in [0.4, 0.5) is 0 Å². The van der Waals surface area contributed by atoms with E-state index in [0.29, 0.717) is 12.5 Å². The molecule has 1 rings (SSSR count). The smallest absolute Gasteiger partial charge is 0.141 e. The van der Waals surface area contributed by atoms with Crippen LogP contribution in [0.15, 0.2) is 35.5 Å². The summed E-state index contributed by atoms with van der Waals surface area (Å²) >= 11 is 1.80. The van der Waals surface area contributed by atoms with Gasteiger partial charge in [-0.05, 0) is 18.7 Å². The fraction of sp³-hybridized carbons (Fsp3) is 0.462. The number of hydrogen-bond donors (Lipinski definition) is 3. The molecule has 2 unspecified atom stereocenters. The van der Waals surface area contributed by atoms with Crippen molar-refractivity contribution in [2.75, 3.05) is 12.0 Å². The molecular weight excluding hydrogens is 246 g/mol. The van der Waals surface area contributed by atoms with Crippen LogP contribution in [-0.4, -0.2) is 29.1 Å². The zero-order valence-corrected chi connectivity index (χ0v) is 11.7. The Balaban J connectivity index is 2.75. The van der Waals surface area contributed by atoms with E-state index in [1.165, 1.54) is 0 Å². The van der Waals surface area contributed by atoms with Crippen molar-refractivity contribution in [2.45, 2.75) is 25.4 Å². The lowest BCUT2D eigenvalue weighted by Crippen LogP contribution is -2.34. The van der Waals surface area contributed by atoms with Crippen molar-refractivity contribution in [1.82, 2.24) is 5.32 Å². The molecule has 0 saturated heterocycles. The number of benzene rings is 1. The molecule has 0 spiro atoms. The number of nitrogens with two attached hydrogens (primary N) is 1. The normalized spacial score (nSPS) is 15.3. The summed E-state index contributed by atoms with van der Waals surface area (Å²) in [6.45, 7) is 2.14. The number of hydrogen-bond acceptors (Lipinski definition) is 4. The Morgan fingerprint density at radius 1 is 1.44 bits per heavy atom. The van der Waals surface area contributed by atoms with Gasteiger partial charge in [0.15, 0.2) is 0 Å². The first-order chi connectivity index (χ1) is 8.67. The summed E-state index contributed by atoms with van der Waals surface area (Å²) in [4.78, 5) is 0. The second kappa shape index (κ2) is 8.00. The molecule has 5 heteroatoms. The highest BCUT2D eigenvalue weighted by Crippen LogP contribution is 2.17. The first-order valence-corrected chi connectivity index (χ1v) is 7.33. The van der Waals surface area contributed by atoms with E-state index in [9.17, 15) is 0 Å². The lowest BCUT2D eigenvalue weighted by molar-refractivity contribution is 0.315. The first-order valence-electron chi connectivity index (χ1n) is 5.93. The molecule has 0 bridgehead atoms. The quantitative estimate of drug-likeness (QED) is 0.306. The number of rotatable bonds is 7. The summed E-state index contributed by atoms with van der Waals surface area (Å²) < 4.78 is 0. The van der Waals surface area contributed by atoms with Crippen LogP contribution in [0.5, 0.6) is 0 Å². The Kier molecular flexibility index (Phi) is 6.60. The van der Waals surface area contributed by atoms with Gasteiger partial charge in [-0.1, -0.05) is 35.5 Å². The molecule has 1 aromatic rings. The third-order valence-corrected chi connectivity index (χ3v) is 3.48. The minimum atomic E-state index is 0.0734. The van der Waals surface area contributed by atoms with Crippen LogP contribution in [-0.2, 0) is 0 Å². The summed E-state index contributed by atoms with van der Waals surface area (Å²) in [7, 11) is 0. The number of nitrogens with zero attached hydrogens (tertiary/aromatic N) is 1. The Morgan fingerprint density at radius 2 is 2.11 bits per heavy atom. The third kappa shape index (κ3) is 4.98. The van der Waals surface area contributed by atoms with Crippen LogP contribution < -0.4 is 11.1 Å².